The van der Waals surface area contributed by atoms with Crippen LogP contribution in [0, 0.1) is 5.82 Å². The highest BCUT2D eigenvalue weighted by molar-refractivity contribution is 6.31. The molecule has 0 saturated carbocycles. The lowest BCUT2D eigenvalue weighted by Gasteiger charge is -2.17. The molecule has 21 heavy (non-hydrogen) atoms. The van der Waals surface area contributed by atoms with E-state index in [4.69, 9.17) is 26.8 Å². The molecule has 0 amide bonds. The summed E-state index contributed by atoms with van der Waals surface area (Å²) in [5.74, 6) is 0.864. The Morgan fingerprint density at radius 3 is 2.24 bits per heavy atom. The average Bonchev–Trinajstić information content (AvgIpc) is 2.49. The Morgan fingerprint density at radius 2 is 1.67 bits per heavy atom. The molecule has 3 nitrogen and oxygen atoms in total. The molecule has 0 spiro atoms. The van der Waals surface area contributed by atoms with Gasteiger partial charge < -0.3 is 15.2 Å². The van der Waals surface area contributed by atoms with Crippen molar-refractivity contribution in [3.8, 4) is 11.5 Å². The first-order valence-corrected chi connectivity index (χ1v) is 6.84. The largest absolute Gasteiger partial charge is 0.493 e. The molecule has 2 aromatic carbocycles. The van der Waals surface area contributed by atoms with E-state index in [1.807, 2.05) is 0 Å². The Hall–Kier alpha value is -1.78. The van der Waals surface area contributed by atoms with Gasteiger partial charge in [0.05, 0.1) is 14.2 Å². The third-order valence-electron chi connectivity index (χ3n) is 3.27. The van der Waals surface area contributed by atoms with Crippen molar-refractivity contribution < 1.29 is 13.9 Å². The summed E-state index contributed by atoms with van der Waals surface area (Å²) >= 11 is 6.25. The molecule has 0 aliphatic rings. The molecule has 0 heterocycles. The van der Waals surface area contributed by atoms with Gasteiger partial charge in [0.15, 0.2) is 11.5 Å². The Balaban J connectivity index is 2.26. The monoisotopic (exact) mass is 309 g/mol. The van der Waals surface area contributed by atoms with Crippen LogP contribution in [0.15, 0.2) is 36.4 Å². The molecule has 0 aliphatic heterocycles. The maximum absolute atomic E-state index is 12.9. The van der Waals surface area contributed by atoms with E-state index in [1.165, 1.54) is 12.1 Å². The van der Waals surface area contributed by atoms with Gasteiger partial charge in [-0.05, 0) is 35.7 Å². The number of hydrogen-bond acceptors (Lipinski definition) is 3. The number of ether oxygens (including phenoxy) is 2. The van der Waals surface area contributed by atoms with Crippen LogP contribution in [-0.4, -0.2) is 14.2 Å². The van der Waals surface area contributed by atoms with Crippen LogP contribution in [0.1, 0.15) is 17.2 Å². The minimum atomic E-state index is -0.317. The van der Waals surface area contributed by atoms with Crippen molar-refractivity contribution in [3.63, 3.8) is 0 Å². The van der Waals surface area contributed by atoms with E-state index in [2.05, 4.69) is 0 Å². The third kappa shape index (κ3) is 3.65. The van der Waals surface area contributed by atoms with Crippen LogP contribution in [0.2, 0.25) is 5.02 Å². The van der Waals surface area contributed by atoms with Crippen molar-refractivity contribution in [2.24, 2.45) is 5.73 Å². The fraction of sp³-hybridized carbons (Fsp3) is 0.250. The van der Waals surface area contributed by atoms with Gasteiger partial charge in [-0.25, -0.2) is 4.39 Å². The number of hydrogen-bond donors (Lipinski definition) is 1. The van der Waals surface area contributed by atoms with Crippen molar-refractivity contribution in [2.75, 3.05) is 14.2 Å². The van der Waals surface area contributed by atoms with Gasteiger partial charge in [-0.15, -0.1) is 0 Å². The molecule has 112 valence electrons. The van der Waals surface area contributed by atoms with E-state index in [1.54, 1.807) is 38.5 Å². The normalized spacial score (nSPS) is 12.0. The second kappa shape index (κ2) is 6.78. The van der Waals surface area contributed by atoms with Gasteiger partial charge in [-0.2, -0.15) is 0 Å². The topological polar surface area (TPSA) is 44.5 Å². The number of nitrogens with two attached hydrogens (primary N) is 1. The van der Waals surface area contributed by atoms with Crippen molar-refractivity contribution in [1.29, 1.82) is 0 Å². The lowest BCUT2D eigenvalue weighted by Crippen LogP contribution is -2.14. The van der Waals surface area contributed by atoms with Crippen LogP contribution < -0.4 is 15.2 Å². The van der Waals surface area contributed by atoms with E-state index in [0.717, 1.165) is 11.1 Å². The quantitative estimate of drug-likeness (QED) is 0.915. The van der Waals surface area contributed by atoms with Gasteiger partial charge >= 0.3 is 0 Å². The smallest absolute Gasteiger partial charge is 0.162 e. The molecule has 2 rings (SSSR count). The summed E-state index contributed by atoms with van der Waals surface area (Å²) in [6.07, 6.45) is 0.551. The first-order valence-electron chi connectivity index (χ1n) is 6.46. The van der Waals surface area contributed by atoms with E-state index in [0.29, 0.717) is 22.9 Å². The van der Waals surface area contributed by atoms with Crippen LogP contribution >= 0.6 is 11.6 Å². The SMILES string of the molecule is COc1cc(Cl)c(C(N)Cc2ccc(F)cc2)cc1OC. The molecule has 0 saturated heterocycles. The maximum Gasteiger partial charge on any atom is 0.162 e. The molecule has 0 radical (unpaired) electrons. The molecule has 2 aromatic rings. The number of methoxy groups -OCH3 is 2. The average molecular weight is 310 g/mol. The highest BCUT2D eigenvalue weighted by Gasteiger charge is 2.16. The summed E-state index contributed by atoms with van der Waals surface area (Å²) in [5.41, 5.74) is 7.91. The summed E-state index contributed by atoms with van der Waals surface area (Å²) in [6, 6.07) is 9.39. The van der Waals surface area contributed by atoms with Crippen LogP contribution in [0.3, 0.4) is 0 Å². The highest BCUT2D eigenvalue weighted by atomic mass is 35.5. The Labute approximate surface area is 128 Å². The molecule has 1 unspecified atom stereocenters. The Bertz CT molecular complexity index is 616. The van der Waals surface area contributed by atoms with Crippen molar-refractivity contribution in [1.82, 2.24) is 0 Å². The summed E-state index contributed by atoms with van der Waals surface area (Å²) in [6.45, 7) is 0. The number of rotatable bonds is 5. The Kier molecular flexibility index (Phi) is 5.04. The molecule has 0 aromatic heterocycles. The lowest BCUT2D eigenvalue weighted by atomic mass is 9.99. The van der Waals surface area contributed by atoms with Gasteiger partial charge in [0.25, 0.3) is 0 Å². The highest BCUT2D eigenvalue weighted by Crippen LogP contribution is 2.36. The molecule has 0 bridgehead atoms. The van der Waals surface area contributed by atoms with Gasteiger partial charge in [0, 0.05) is 17.1 Å². The van der Waals surface area contributed by atoms with Gasteiger partial charge in [0.1, 0.15) is 5.82 Å². The van der Waals surface area contributed by atoms with E-state index in [9.17, 15) is 4.39 Å². The fourth-order valence-electron chi connectivity index (χ4n) is 2.14. The maximum atomic E-state index is 12.9. The predicted molar refractivity (Wildman–Crippen MR) is 81.6 cm³/mol. The third-order valence-corrected chi connectivity index (χ3v) is 3.60. The van der Waals surface area contributed by atoms with Crippen LogP contribution in [-0.2, 0) is 6.42 Å². The zero-order valence-electron chi connectivity index (χ0n) is 11.9. The summed E-state index contributed by atoms with van der Waals surface area (Å²) in [7, 11) is 3.10. The van der Waals surface area contributed by atoms with Crippen molar-refractivity contribution >= 4 is 11.6 Å². The zero-order valence-corrected chi connectivity index (χ0v) is 12.7. The first kappa shape index (κ1) is 15.6. The first-order chi connectivity index (χ1) is 10.0. The van der Waals surface area contributed by atoms with Gasteiger partial charge in [-0.1, -0.05) is 23.7 Å². The van der Waals surface area contributed by atoms with Crippen LogP contribution in [0.25, 0.3) is 0 Å². The fourth-order valence-corrected chi connectivity index (χ4v) is 2.43. The molecule has 2 N–H and O–H groups in total. The predicted octanol–water partition coefficient (Wildman–Crippen LogP) is 3.74. The molecule has 0 aliphatic carbocycles. The van der Waals surface area contributed by atoms with E-state index < -0.39 is 0 Å². The zero-order chi connectivity index (χ0) is 15.4. The van der Waals surface area contributed by atoms with E-state index >= 15 is 0 Å². The second-order valence-electron chi connectivity index (χ2n) is 4.67. The molecule has 0 fully saturated rings. The van der Waals surface area contributed by atoms with Gasteiger partial charge in [0.2, 0.25) is 0 Å². The van der Waals surface area contributed by atoms with Crippen LogP contribution in [0.5, 0.6) is 11.5 Å². The summed E-state index contributed by atoms with van der Waals surface area (Å²) in [5, 5.41) is 0.516. The summed E-state index contributed by atoms with van der Waals surface area (Å²) in [4.78, 5) is 0. The van der Waals surface area contributed by atoms with E-state index in [-0.39, 0.29) is 11.9 Å². The number of halogens is 2. The molecular formula is C16H17ClFNO2. The van der Waals surface area contributed by atoms with Crippen molar-refractivity contribution in [2.45, 2.75) is 12.5 Å². The standard InChI is InChI=1S/C16H17ClFNO2/c1-20-15-8-12(13(17)9-16(15)21-2)14(19)7-10-3-5-11(18)6-4-10/h3-6,8-9,14H,7,19H2,1-2H3. The number of benzene rings is 2. The minimum Gasteiger partial charge on any atom is -0.493 e. The Morgan fingerprint density at radius 1 is 1.10 bits per heavy atom. The molecular weight excluding hydrogens is 293 g/mol. The minimum absolute atomic E-state index is 0.267. The van der Waals surface area contributed by atoms with Gasteiger partial charge in [-0.3, -0.25) is 0 Å². The summed E-state index contributed by atoms with van der Waals surface area (Å²) < 4.78 is 23.4. The molecule has 5 heteroatoms. The van der Waals surface area contributed by atoms with Crippen molar-refractivity contribution in [3.05, 3.63) is 58.4 Å². The lowest BCUT2D eigenvalue weighted by molar-refractivity contribution is 0.354. The molecule has 1 atom stereocenters. The second-order valence-corrected chi connectivity index (χ2v) is 5.07. The van der Waals surface area contributed by atoms with Crippen LogP contribution in [0.4, 0.5) is 4.39 Å².